The van der Waals surface area contributed by atoms with Gasteiger partial charge in [-0.1, -0.05) is 43.6 Å². The maximum absolute atomic E-state index is 6.07. The highest BCUT2D eigenvalue weighted by molar-refractivity contribution is 6.35. The molecule has 72 valence electrons. The SMILES string of the molecule is CC(C)c1ccc2cccc(Cl)c2n1. The third kappa shape index (κ3) is 1.60. The zero-order chi connectivity index (χ0) is 10.1. The van der Waals surface area contributed by atoms with E-state index in [1.807, 2.05) is 18.2 Å². The Kier molecular flexibility index (Phi) is 2.42. The Morgan fingerprint density at radius 2 is 1.93 bits per heavy atom. The molecule has 0 aliphatic heterocycles. The van der Waals surface area contributed by atoms with Crippen LogP contribution in [0.5, 0.6) is 0 Å². The number of hydrogen-bond acceptors (Lipinski definition) is 1. The molecule has 0 aliphatic rings. The maximum atomic E-state index is 6.07. The Balaban J connectivity index is 2.70. The number of rotatable bonds is 1. The number of pyridine rings is 1. The molecule has 14 heavy (non-hydrogen) atoms. The van der Waals surface area contributed by atoms with Crippen molar-refractivity contribution in [3.05, 3.63) is 41.0 Å². The molecular formula is C12H12ClN. The fourth-order valence-electron chi connectivity index (χ4n) is 1.45. The van der Waals surface area contributed by atoms with Crippen molar-refractivity contribution >= 4 is 22.5 Å². The van der Waals surface area contributed by atoms with Gasteiger partial charge in [-0.25, -0.2) is 0 Å². The first-order chi connectivity index (χ1) is 6.68. The van der Waals surface area contributed by atoms with E-state index in [9.17, 15) is 0 Å². The molecule has 1 aromatic carbocycles. The van der Waals surface area contributed by atoms with E-state index in [4.69, 9.17) is 11.6 Å². The van der Waals surface area contributed by atoms with E-state index in [0.717, 1.165) is 21.6 Å². The van der Waals surface area contributed by atoms with Crippen LogP contribution in [0.4, 0.5) is 0 Å². The normalized spacial score (nSPS) is 11.1. The fraction of sp³-hybridized carbons (Fsp3) is 0.250. The summed E-state index contributed by atoms with van der Waals surface area (Å²) in [6, 6.07) is 9.98. The average molecular weight is 206 g/mol. The highest BCUT2D eigenvalue weighted by Gasteiger charge is 2.04. The third-order valence-corrected chi connectivity index (χ3v) is 2.59. The number of aromatic nitrogens is 1. The molecule has 2 aromatic rings. The van der Waals surface area contributed by atoms with Crippen LogP contribution in [0.25, 0.3) is 10.9 Å². The summed E-state index contributed by atoms with van der Waals surface area (Å²) in [5.41, 5.74) is 1.99. The molecule has 0 N–H and O–H groups in total. The van der Waals surface area contributed by atoms with Gasteiger partial charge in [-0.15, -0.1) is 0 Å². The lowest BCUT2D eigenvalue weighted by Gasteiger charge is -2.06. The lowest BCUT2D eigenvalue weighted by Crippen LogP contribution is -1.92. The van der Waals surface area contributed by atoms with Crippen LogP contribution in [0.15, 0.2) is 30.3 Å². The second-order valence-corrected chi connectivity index (χ2v) is 4.11. The molecule has 0 atom stereocenters. The number of para-hydroxylation sites is 1. The Bertz CT molecular complexity index is 463. The van der Waals surface area contributed by atoms with Crippen LogP contribution in [0.1, 0.15) is 25.5 Å². The van der Waals surface area contributed by atoms with Crippen LogP contribution in [0.3, 0.4) is 0 Å². The van der Waals surface area contributed by atoms with Crippen LogP contribution in [-0.2, 0) is 0 Å². The van der Waals surface area contributed by atoms with Crippen LogP contribution >= 0.6 is 11.6 Å². The van der Waals surface area contributed by atoms with Crippen molar-refractivity contribution in [1.29, 1.82) is 0 Å². The molecule has 0 spiro atoms. The number of benzene rings is 1. The minimum Gasteiger partial charge on any atom is -0.251 e. The van der Waals surface area contributed by atoms with Gasteiger partial charge in [0, 0.05) is 11.1 Å². The summed E-state index contributed by atoms with van der Waals surface area (Å²) in [7, 11) is 0. The smallest absolute Gasteiger partial charge is 0.0891 e. The highest BCUT2D eigenvalue weighted by atomic mass is 35.5. The van der Waals surface area contributed by atoms with Gasteiger partial charge in [0.1, 0.15) is 0 Å². The predicted molar refractivity (Wildman–Crippen MR) is 60.8 cm³/mol. The molecule has 0 aliphatic carbocycles. The standard InChI is InChI=1S/C12H12ClN/c1-8(2)11-7-6-9-4-3-5-10(13)12(9)14-11/h3-8H,1-2H3. The van der Waals surface area contributed by atoms with Gasteiger partial charge < -0.3 is 0 Å². The largest absolute Gasteiger partial charge is 0.251 e. The molecule has 0 amide bonds. The average Bonchev–Trinajstić information content (AvgIpc) is 2.18. The van der Waals surface area contributed by atoms with Gasteiger partial charge in [0.25, 0.3) is 0 Å². The first-order valence-electron chi connectivity index (χ1n) is 4.73. The maximum Gasteiger partial charge on any atom is 0.0891 e. The summed E-state index contributed by atoms with van der Waals surface area (Å²) >= 11 is 6.07. The van der Waals surface area contributed by atoms with Gasteiger partial charge in [0.2, 0.25) is 0 Å². The molecule has 0 radical (unpaired) electrons. The molecule has 1 aromatic heterocycles. The fourth-order valence-corrected chi connectivity index (χ4v) is 1.67. The van der Waals surface area contributed by atoms with Crippen molar-refractivity contribution < 1.29 is 0 Å². The minimum atomic E-state index is 0.440. The van der Waals surface area contributed by atoms with Gasteiger partial charge in [-0.2, -0.15) is 0 Å². The van der Waals surface area contributed by atoms with Crippen molar-refractivity contribution in [2.45, 2.75) is 19.8 Å². The van der Waals surface area contributed by atoms with Gasteiger partial charge >= 0.3 is 0 Å². The topological polar surface area (TPSA) is 12.9 Å². The molecule has 2 heteroatoms. The van der Waals surface area contributed by atoms with E-state index in [0.29, 0.717) is 5.92 Å². The second-order valence-electron chi connectivity index (χ2n) is 3.70. The Labute approximate surface area is 88.7 Å². The highest BCUT2D eigenvalue weighted by Crippen LogP contribution is 2.23. The number of hydrogen-bond donors (Lipinski definition) is 0. The lowest BCUT2D eigenvalue weighted by molar-refractivity contribution is 0.830. The molecule has 0 unspecified atom stereocenters. The number of halogens is 1. The van der Waals surface area contributed by atoms with E-state index in [1.54, 1.807) is 0 Å². The summed E-state index contributed by atoms with van der Waals surface area (Å²) in [6.45, 7) is 4.26. The van der Waals surface area contributed by atoms with E-state index < -0.39 is 0 Å². The Morgan fingerprint density at radius 3 is 2.64 bits per heavy atom. The van der Waals surface area contributed by atoms with Crippen molar-refractivity contribution in [1.82, 2.24) is 4.98 Å². The van der Waals surface area contributed by atoms with E-state index in [2.05, 4.69) is 31.0 Å². The van der Waals surface area contributed by atoms with Crippen LogP contribution in [0.2, 0.25) is 5.02 Å². The molecule has 2 rings (SSSR count). The Morgan fingerprint density at radius 1 is 1.14 bits per heavy atom. The van der Waals surface area contributed by atoms with Crippen LogP contribution < -0.4 is 0 Å². The first kappa shape index (κ1) is 9.47. The monoisotopic (exact) mass is 205 g/mol. The summed E-state index contributed by atoms with van der Waals surface area (Å²) < 4.78 is 0. The molecule has 1 heterocycles. The Hall–Kier alpha value is -1.08. The van der Waals surface area contributed by atoms with Gasteiger partial charge in [0.05, 0.1) is 10.5 Å². The van der Waals surface area contributed by atoms with Crippen LogP contribution in [0, 0.1) is 0 Å². The molecule has 0 saturated heterocycles. The zero-order valence-electron chi connectivity index (χ0n) is 8.29. The molecule has 0 bridgehead atoms. The molecular weight excluding hydrogens is 194 g/mol. The zero-order valence-corrected chi connectivity index (χ0v) is 9.05. The summed E-state index contributed by atoms with van der Waals surface area (Å²) in [5, 5.41) is 1.83. The summed E-state index contributed by atoms with van der Waals surface area (Å²) in [5.74, 6) is 0.440. The number of nitrogens with zero attached hydrogens (tertiary/aromatic N) is 1. The first-order valence-corrected chi connectivity index (χ1v) is 5.11. The van der Waals surface area contributed by atoms with Crippen LogP contribution in [-0.4, -0.2) is 4.98 Å². The molecule has 0 saturated carbocycles. The predicted octanol–water partition coefficient (Wildman–Crippen LogP) is 4.01. The van der Waals surface area contributed by atoms with E-state index >= 15 is 0 Å². The van der Waals surface area contributed by atoms with Crippen molar-refractivity contribution in [3.8, 4) is 0 Å². The van der Waals surface area contributed by atoms with Crippen molar-refractivity contribution in [3.63, 3.8) is 0 Å². The van der Waals surface area contributed by atoms with Gasteiger partial charge in [0.15, 0.2) is 0 Å². The van der Waals surface area contributed by atoms with Gasteiger partial charge in [-0.3, -0.25) is 4.98 Å². The second kappa shape index (κ2) is 3.58. The van der Waals surface area contributed by atoms with Crippen molar-refractivity contribution in [2.75, 3.05) is 0 Å². The number of fused-ring (bicyclic) bond motifs is 1. The lowest BCUT2D eigenvalue weighted by atomic mass is 10.1. The molecule has 0 fully saturated rings. The quantitative estimate of drug-likeness (QED) is 0.686. The van der Waals surface area contributed by atoms with Crippen molar-refractivity contribution in [2.24, 2.45) is 0 Å². The molecule has 1 nitrogen and oxygen atoms in total. The van der Waals surface area contributed by atoms with Gasteiger partial charge in [-0.05, 0) is 18.1 Å². The summed E-state index contributed by atoms with van der Waals surface area (Å²) in [6.07, 6.45) is 0. The van der Waals surface area contributed by atoms with E-state index in [-0.39, 0.29) is 0 Å². The van der Waals surface area contributed by atoms with E-state index in [1.165, 1.54) is 0 Å². The third-order valence-electron chi connectivity index (χ3n) is 2.28. The minimum absolute atomic E-state index is 0.440. The summed E-state index contributed by atoms with van der Waals surface area (Å²) in [4.78, 5) is 4.54.